The molecule has 1 aromatic carbocycles. The van der Waals surface area contributed by atoms with Crippen LogP contribution in [-0.4, -0.2) is 71.3 Å². The van der Waals surface area contributed by atoms with Crippen LogP contribution in [0.15, 0.2) is 48.6 Å². The largest absolute Gasteiger partial charge is 0.461 e. The average Bonchev–Trinajstić information content (AvgIpc) is 3.07. The molecule has 0 bridgehead atoms. The zero-order valence-electron chi connectivity index (χ0n) is 18.1. The average molecular weight is 473 g/mol. The number of amides is 2. The molecule has 0 radical (unpaired) electrons. The Morgan fingerprint density at radius 3 is 2.64 bits per heavy atom. The number of anilines is 1. The minimum absolute atomic E-state index is 0.0578. The van der Waals surface area contributed by atoms with Gasteiger partial charge in [-0.1, -0.05) is 48.9 Å². The predicted octanol–water partition coefficient (Wildman–Crippen LogP) is 1.71. The van der Waals surface area contributed by atoms with Crippen LogP contribution in [0, 0.1) is 11.8 Å². The molecule has 174 valence electrons. The van der Waals surface area contributed by atoms with Crippen LogP contribution in [-0.2, 0) is 23.9 Å². The van der Waals surface area contributed by atoms with Crippen molar-refractivity contribution in [3.8, 4) is 0 Å². The number of ether oxygens (including phenoxy) is 2. The fourth-order valence-electron chi connectivity index (χ4n) is 5.83. The summed E-state index contributed by atoms with van der Waals surface area (Å²) >= 11 is 6.40. The molecule has 2 amide bonds. The van der Waals surface area contributed by atoms with Gasteiger partial charge in [0.05, 0.1) is 23.2 Å². The highest BCUT2D eigenvalue weighted by molar-refractivity contribution is 6.34. The zero-order chi connectivity index (χ0) is 23.4. The molecule has 4 aliphatic heterocycles. The number of cyclic esters (lactones) is 1. The molecule has 5 rings (SSSR count). The number of β-amino-alcohol motifs (C(OH)–C–C–N with tert-alkyl or cyclic N) is 1. The summed E-state index contributed by atoms with van der Waals surface area (Å²) in [6.45, 7) is 1.83. The smallest absolute Gasteiger partial charge is 0.313 e. The summed E-state index contributed by atoms with van der Waals surface area (Å²) in [5, 5.41) is 10.1. The first-order chi connectivity index (χ1) is 15.9. The van der Waals surface area contributed by atoms with E-state index in [9.17, 15) is 19.5 Å². The van der Waals surface area contributed by atoms with Crippen LogP contribution in [0.1, 0.15) is 13.3 Å². The van der Waals surface area contributed by atoms with Crippen molar-refractivity contribution in [2.75, 3.05) is 31.2 Å². The van der Waals surface area contributed by atoms with Gasteiger partial charge in [-0.05, 0) is 24.6 Å². The van der Waals surface area contributed by atoms with Gasteiger partial charge in [0.1, 0.15) is 29.8 Å². The third-order valence-corrected chi connectivity index (χ3v) is 7.50. The molecular formula is C24H25ClN2O6. The Kier molecular flexibility index (Phi) is 5.34. The van der Waals surface area contributed by atoms with Crippen LogP contribution in [0.4, 0.5) is 5.69 Å². The number of carbonyl (C=O) groups is 3. The molecule has 4 aliphatic rings. The van der Waals surface area contributed by atoms with E-state index in [1.807, 2.05) is 6.92 Å². The molecular weight excluding hydrogens is 448 g/mol. The van der Waals surface area contributed by atoms with E-state index in [4.69, 9.17) is 21.1 Å². The predicted molar refractivity (Wildman–Crippen MR) is 119 cm³/mol. The summed E-state index contributed by atoms with van der Waals surface area (Å²) in [6.07, 6.45) is 7.48. The quantitative estimate of drug-likeness (QED) is 0.529. The Morgan fingerprint density at radius 2 is 1.91 bits per heavy atom. The Labute approximate surface area is 196 Å². The van der Waals surface area contributed by atoms with Gasteiger partial charge in [-0.3, -0.25) is 14.4 Å². The summed E-state index contributed by atoms with van der Waals surface area (Å²) < 4.78 is 12.1. The Hall–Kier alpha value is -2.68. The maximum atomic E-state index is 14.0. The monoisotopic (exact) mass is 472 g/mol. The summed E-state index contributed by atoms with van der Waals surface area (Å²) in [4.78, 5) is 43.7. The van der Waals surface area contributed by atoms with Crippen molar-refractivity contribution in [2.45, 2.75) is 30.6 Å². The lowest BCUT2D eigenvalue weighted by Crippen LogP contribution is -2.56. The van der Waals surface area contributed by atoms with Gasteiger partial charge in [0.2, 0.25) is 5.91 Å². The SMILES string of the molecule is CC[C@@]12C=CCOC(=O)[C@@H]1[C@H]1C(=O)N(CCO)C3C(=O)N(c4ccccc4Cl)CC=C[C@@]31O2. The van der Waals surface area contributed by atoms with Crippen molar-refractivity contribution in [2.24, 2.45) is 11.8 Å². The fourth-order valence-corrected chi connectivity index (χ4v) is 6.07. The molecule has 9 heteroatoms. The molecule has 1 spiro atoms. The maximum absolute atomic E-state index is 14.0. The van der Waals surface area contributed by atoms with Gasteiger partial charge in [0.25, 0.3) is 5.91 Å². The van der Waals surface area contributed by atoms with Gasteiger partial charge >= 0.3 is 5.97 Å². The lowest BCUT2D eigenvalue weighted by atomic mass is 9.73. The number of halogens is 1. The van der Waals surface area contributed by atoms with Gasteiger partial charge in [0, 0.05) is 13.1 Å². The molecule has 5 atom stereocenters. The second-order valence-corrected chi connectivity index (χ2v) is 9.12. The lowest BCUT2D eigenvalue weighted by Gasteiger charge is -2.38. The zero-order valence-corrected chi connectivity index (χ0v) is 18.9. The number of hydrogen-bond acceptors (Lipinski definition) is 6. The first-order valence-electron chi connectivity index (χ1n) is 11.1. The summed E-state index contributed by atoms with van der Waals surface area (Å²) in [7, 11) is 0. The van der Waals surface area contributed by atoms with E-state index in [-0.39, 0.29) is 32.2 Å². The van der Waals surface area contributed by atoms with Crippen LogP contribution in [0.2, 0.25) is 5.02 Å². The third kappa shape index (κ3) is 3.01. The number of esters is 1. The first kappa shape index (κ1) is 22.1. The van der Waals surface area contributed by atoms with E-state index in [0.717, 1.165) is 0 Å². The number of para-hydroxylation sites is 1. The van der Waals surface area contributed by atoms with Crippen molar-refractivity contribution in [3.05, 3.63) is 53.6 Å². The number of carbonyl (C=O) groups excluding carboxylic acids is 3. The fraction of sp³-hybridized carbons (Fsp3) is 0.458. The van der Waals surface area contributed by atoms with Gasteiger partial charge in [-0.25, -0.2) is 0 Å². The highest BCUT2D eigenvalue weighted by Gasteiger charge is 2.75. The second kappa shape index (κ2) is 7.97. The molecule has 8 nitrogen and oxygen atoms in total. The van der Waals surface area contributed by atoms with E-state index >= 15 is 0 Å². The highest BCUT2D eigenvalue weighted by atomic mass is 35.5. The van der Waals surface area contributed by atoms with Crippen molar-refractivity contribution < 1.29 is 29.0 Å². The molecule has 1 N–H and O–H groups in total. The molecule has 0 aliphatic carbocycles. The molecule has 2 fully saturated rings. The van der Waals surface area contributed by atoms with Crippen molar-refractivity contribution in [3.63, 3.8) is 0 Å². The van der Waals surface area contributed by atoms with Crippen LogP contribution < -0.4 is 4.90 Å². The van der Waals surface area contributed by atoms with Crippen LogP contribution in [0.5, 0.6) is 0 Å². The molecule has 33 heavy (non-hydrogen) atoms. The van der Waals surface area contributed by atoms with E-state index in [1.165, 1.54) is 9.80 Å². The molecule has 2 saturated heterocycles. The van der Waals surface area contributed by atoms with Gasteiger partial charge in [-0.2, -0.15) is 0 Å². The number of aliphatic hydroxyl groups excluding tert-OH is 1. The Morgan fingerprint density at radius 1 is 1.12 bits per heavy atom. The summed E-state index contributed by atoms with van der Waals surface area (Å²) in [5.74, 6) is -3.15. The lowest BCUT2D eigenvalue weighted by molar-refractivity contribution is -0.157. The number of rotatable bonds is 4. The topological polar surface area (TPSA) is 96.4 Å². The standard InChI is InChI=1S/C24H25ClN2O6/c1-2-23-9-6-14-32-22(31)18(23)17-20(29)27(12-13-28)19-21(30)26(11-5-10-24(17,19)33-23)16-8-4-3-7-15(16)25/h3-10,17-19,28H,2,11-14H2,1H3/t17-,18-,19?,23+,24-/m0/s1. The number of nitrogens with zero attached hydrogens (tertiary/aromatic N) is 2. The number of aliphatic hydroxyl groups is 1. The molecule has 1 aromatic rings. The van der Waals surface area contributed by atoms with Crippen molar-refractivity contribution in [1.82, 2.24) is 4.90 Å². The minimum atomic E-state index is -1.37. The van der Waals surface area contributed by atoms with Crippen LogP contribution in [0.3, 0.4) is 0 Å². The van der Waals surface area contributed by atoms with E-state index < -0.39 is 41.0 Å². The number of likely N-dealkylation sites (tertiary alicyclic amines) is 1. The van der Waals surface area contributed by atoms with Crippen LogP contribution in [0.25, 0.3) is 0 Å². The Balaban J connectivity index is 1.68. The number of benzene rings is 1. The molecule has 0 aromatic heterocycles. The first-order valence-corrected chi connectivity index (χ1v) is 11.5. The molecule has 1 unspecified atom stereocenters. The highest BCUT2D eigenvalue weighted by Crippen LogP contribution is 2.58. The molecule has 0 saturated carbocycles. The van der Waals surface area contributed by atoms with Crippen LogP contribution >= 0.6 is 11.6 Å². The summed E-state index contributed by atoms with van der Waals surface area (Å²) in [5.41, 5.74) is -1.93. The van der Waals surface area contributed by atoms with Crippen molar-refractivity contribution >= 4 is 35.1 Å². The van der Waals surface area contributed by atoms with E-state index in [2.05, 4.69) is 0 Å². The number of fused-ring (bicyclic) bond motifs is 2. The van der Waals surface area contributed by atoms with Gasteiger partial charge in [0.15, 0.2) is 0 Å². The van der Waals surface area contributed by atoms with Crippen molar-refractivity contribution in [1.29, 1.82) is 0 Å². The number of hydrogen-bond donors (Lipinski definition) is 1. The minimum Gasteiger partial charge on any atom is -0.461 e. The maximum Gasteiger partial charge on any atom is 0.313 e. The Bertz CT molecular complexity index is 1070. The van der Waals surface area contributed by atoms with E-state index in [1.54, 1.807) is 48.6 Å². The third-order valence-electron chi connectivity index (χ3n) is 7.18. The molecule has 4 heterocycles. The van der Waals surface area contributed by atoms with Gasteiger partial charge in [-0.15, -0.1) is 0 Å². The summed E-state index contributed by atoms with van der Waals surface area (Å²) in [6, 6.07) is 5.93. The second-order valence-electron chi connectivity index (χ2n) is 8.71. The van der Waals surface area contributed by atoms with E-state index in [0.29, 0.717) is 17.1 Å². The normalized spacial score (nSPS) is 35.1. The van der Waals surface area contributed by atoms with Gasteiger partial charge < -0.3 is 24.4 Å².